The third-order valence-corrected chi connectivity index (χ3v) is 3.88. The smallest absolute Gasteiger partial charge is 0.273 e. The average molecular weight is 342 g/mol. The maximum absolute atomic E-state index is 12.0. The molecule has 1 N–H and O–H groups in total. The first-order valence-corrected chi connectivity index (χ1v) is 8.13. The van der Waals surface area contributed by atoms with Gasteiger partial charge in [0.15, 0.2) is 6.61 Å². The third-order valence-electron chi connectivity index (χ3n) is 3.88. The van der Waals surface area contributed by atoms with Crippen LogP contribution < -0.4 is 10.1 Å². The van der Waals surface area contributed by atoms with Crippen molar-refractivity contribution in [3.8, 4) is 5.75 Å². The van der Waals surface area contributed by atoms with Crippen LogP contribution in [0.5, 0.6) is 5.75 Å². The fourth-order valence-corrected chi connectivity index (χ4v) is 2.37. The van der Waals surface area contributed by atoms with Crippen LogP contribution in [0.1, 0.15) is 43.9 Å². The van der Waals surface area contributed by atoms with Crippen molar-refractivity contribution in [2.24, 2.45) is 0 Å². The Hall–Kier alpha value is -2.89. The maximum atomic E-state index is 12.0. The number of rotatable bonds is 7. The van der Waals surface area contributed by atoms with Gasteiger partial charge in [-0.2, -0.15) is 0 Å². The molecule has 0 bridgehead atoms. The van der Waals surface area contributed by atoms with Crippen LogP contribution >= 0.6 is 0 Å². The zero-order valence-corrected chi connectivity index (χ0v) is 14.6. The lowest BCUT2D eigenvalue weighted by atomic mass is 9.99. The van der Waals surface area contributed by atoms with Crippen molar-refractivity contribution in [2.45, 2.75) is 32.7 Å². The topological polar surface area (TPSA) is 81.5 Å². The van der Waals surface area contributed by atoms with E-state index in [1.807, 2.05) is 19.1 Å². The Labute approximate surface area is 147 Å². The van der Waals surface area contributed by atoms with Crippen molar-refractivity contribution in [3.05, 3.63) is 69.8 Å². The average Bonchev–Trinajstić information content (AvgIpc) is 2.60. The van der Waals surface area contributed by atoms with Gasteiger partial charge in [-0.05, 0) is 30.0 Å². The molecule has 132 valence electrons. The number of nitro benzene ring substituents is 1. The van der Waals surface area contributed by atoms with Gasteiger partial charge < -0.3 is 10.1 Å². The number of carbonyl (C=O) groups is 1. The van der Waals surface area contributed by atoms with Gasteiger partial charge in [-0.1, -0.05) is 44.2 Å². The van der Waals surface area contributed by atoms with Crippen molar-refractivity contribution < 1.29 is 14.5 Å². The number of benzene rings is 2. The number of nitrogens with zero attached hydrogens (tertiary/aromatic N) is 1. The minimum Gasteiger partial charge on any atom is -0.484 e. The van der Waals surface area contributed by atoms with Gasteiger partial charge in [0.25, 0.3) is 11.6 Å². The first-order valence-electron chi connectivity index (χ1n) is 8.13. The van der Waals surface area contributed by atoms with E-state index >= 15 is 0 Å². The highest BCUT2D eigenvalue weighted by Crippen LogP contribution is 2.20. The van der Waals surface area contributed by atoms with E-state index in [1.165, 1.54) is 23.8 Å². The molecule has 0 spiro atoms. The molecule has 0 aliphatic carbocycles. The van der Waals surface area contributed by atoms with E-state index in [-0.39, 0.29) is 24.2 Å². The lowest BCUT2D eigenvalue weighted by Gasteiger charge is -2.16. The van der Waals surface area contributed by atoms with Crippen LogP contribution in [0.15, 0.2) is 48.5 Å². The largest absolute Gasteiger partial charge is 0.484 e. The molecule has 2 rings (SSSR count). The highest BCUT2D eigenvalue weighted by molar-refractivity contribution is 5.78. The van der Waals surface area contributed by atoms with Gasteiger partial charge in [-0.3, -0.25) is 14.9 Å². The van der Waals surface area contributed by atoms with E-state index < -0.39 is 4.92 Å². The van der Waals surface area contributed by atoms with E-state index in [0.717, 1.165) is 5.56 Å². The van der Waals surface area contributed by atoms with Gasteiger partial charge >= 0.3 is 0 Å². The van der Waals surface area contributed by atoms with Gasteiger partial charge in [0.1, 0.15) is 5.75 Å². The summed E-state index contributed by atoms with van der Waals surface area (Å²) in [5.41, 5.74) is 2.18. The SMILES string of the molecule is CC(C)c1ccc(C(C)NC(=O)COc2cccc([N+](=O)[O-])c2)cc1. The molecule has 0 radical (unpaired) electrons. The lowest BCUT2D eigenvalue weighted by Crippen LogP contribution is -2.31. The zero-order chi connectivity index (χ0) is 18.4. The van der Waals surface area contributed by atoms with Crippen molar-refractivity contribution in [3.63, 3.8) is 0 Å². The number of nitrogens with one attached hydrogen (secondary N) is 1. The van der Waals surface area contributed by atoms with Gasteiger partial charge in [-0.25, -0.2) is 0 Å². The van der Waals surface area contributed by atoms with Gasteiger partial charge in [0, 0.05) is 6.07 Å². The minimum atomic E-state index is -0.504. The second-order valence-electron chi connectivity index (χ2n) is 6.15. The van der Waals surface area contributed by atoms with Crippen molar-refractivity contribution in [2.75, 3.05) is 6.61 Å². The van der Waals surface area contributed by atoms with Crippen molar-refractivity contribution in [1.82, 2.24) is 5.32 Å². The lowest BCUT2D eigenvalue weighted by molar-refractivity contribution is -0.384. The summed E-state index contributed by atoms with van der Waals surface area (Å²) < 4.78 is 5.33. The fourth-order valence-electron chi connectivity index (χ4n) is 2.37. The number of nitro groups is 1. The molecule has 6 heteroatoms. The van der Waals surface area contributed by atoms with E-state index in [1.54, 1.807) is 6.07 Å². The summed E-state index contributed by atoms with van der Waals surface area (Å²) in [7, 11) is 0. The van der Waals surface area contributed by atoms with Gasteiger partial charge in [-0.15, -0.1) is 0 Å². The Balaban J connectivity index is 1.89. The number of hydrogen-bond donors (Lipinski definition) is 1. The monoisotopic (exact) mass is 342 g/mol. The highest BCUT2D eigenvalue weighted by atomic mass is 16.6. The normalized spacial score (nSPS) is 11.8. The predicted molar refractivity (Wildman–Crippen MR) is 95.7 cm³/mol. The first kappa shape index (κ1) is 18.4. The van der Waals surface area contributed by atoms with E-state index in [0.29, 0.717) is 11.7 Å². The molecule has 0 aliphatic rings. The van der Waals surface area contributed by atoms with Crippen LogP contribution in [-0.4, -0.2) is 17.4 Å². The molecule has 0 saturated carbocycles. The summed E-state index contributed by atoms with van der Waals surface area (Å²) >= 11 is 0. The fraction of sp³-hybridized carbons (Fsp3) is 0.316. The molecule has 2 aromatic rings. The number of non-ortho nitro benzene ring substituents is 1. The number of amides is 1. The Kier molecular flexibility index (Phi) is 6.11. The third kappa shape index (κ3) is 5.31. The summed E-state index contributed by atoms with van der Waals surface area (Å²) in [5.74, 6) is 0.465. The van der Waals surface area contributed by atoms with Crippen molar-refractivity contribution in [1.29, 1.82) is 0 Å². The Morgan fingerprint density at radius 1 is 1.12 bits per heavy atom. The zero-order valence-electron chi connectivity index (χ0n) is 14.6. The Bertz CT molecular complexity index is 741. The molecule has 0 heterocycles. The van der Waals surface area contributed by atoms with Crippen LogP contribution in [0.4, 0.5) is 5.69 Å². The molecule has 1 unspecified atom stereocenters. The second kappa shape index (κ2) is 8.28. The second-order valence-corrected chi connectivity index (χ2v) is 6.15. The summed E-state index contributed by atoms with van der Waals surface area (Å²) in [6.45, 7) is 5.96. The minimum absolute atomic E-state index is 0.0727. The summed E-state index contributed by atoms with van der Waals surface area (Å²) in [5, 5.41) is 13.6. The van der Waals surface area contributed by atoms with Gasteiger partial charge in [0.05, 0.1) is 17.0 Å². The number of hydrogen-bond acceptors (Lipinski definition) is 4. The van der Waals surface area contributed by atoms with Crippen LogP contribution in [-0.2, 0) is 4.79 Å². The molecule has 0 aliphatic heterocycles. The first-order chi connectivity index (χ1) is 11.9. The summed E-state index contributed by atoms with van der Waals surface area (Å²) in [4.78, 5) is 22.3. The standard InChI is InChI=1S/C19H22N2O4/c1-13(2)15-7-9-16(10-8-15)14(3)20-19(22)12-25-18-6-4-5-17(11-18)21(23)24/h4-11,13-14H,12H2,1-3H3,(H,20,22). The molecular weight excluding hydrogens is 320 g/mol. The molecule has 0 saturated heterocycles. The van der Waals surface area contributed by atoms with Crippen LogP contribution in [0.25, 0.3) is 0 Å². The molecule has 0 fully saturated rings. The van der Waals surface area contributed by atoms with Crippen LogP contribution in [0.2, 0.25) is 0 Å². The van der Waals surface area contributed by atoms with E-state index in [4.69, 9.17) is 4.74 Å². The molecule has 25 heavy (non-hydrogen) atoms. The quantitative estimate of drug-likeness (QED) is 0.609. The molecule has 2 aromatic carbocycles. The van der Waals surface area contributed by atoms with E-state index in [9.17, 15) is 14.9 Å². The number of carbonyl (C=O) groups excluding carboxylic acids is 1. The predicted octanol–water partition coefficient (Wildman–Crippen LogP) is 3.97. The van der Waals surface area contributed by atoms with E-state index in [2.05, 4.69) is 31.3 Å². The molecule has 1 atom stereocenters. The Morgan fingerprint density at radius 3 is 2.36 bits per heavy atom. The maximum Gasteiger partial charge on any atom is 0.273 e. The highest BCUT2D eigenvalue weighted by Gasteiger charge is 2.12. The van der Waals surface area contributed by atoms with Crippen LogP contribution in [0.3, 0.4) is 0 Å². The summed E-state index contributed by atoms with van der Waals surface area (Å²) in [6, 6.07) is 13.7. The molecule has 6 nitrogen and oxygen atoms in total. The van der Waals surface area contributed by atoms with Gasteiger partial charge in [0.2, 0.25) is 0 Å². The molecular formula is C19H22N2O4. The van der Waals surface area contributed by atoms with Crippen molar-refractivity contribution >= 4 is 11.6 Å². The number of ether oxygens (including phenoxy) is 1. The molecule has 1 amide bonds. The Morgan fingerprint density at radius 2 is 1.76 bits per heavy atom. The van der Waals surface area contributed by atoms with Crippen LogP contribution in [0, 0.1) is 10.1 Å². The molecule has 0 aromatic heterocycles. The summed E-state index contributed by atoms with van der Waals surface area (Å²) in [6.07, 6.45) is 0.